The Morgan fingerprint density at radius 2 is 1.73 bits per heavy atom. The van der Waals surface area contributed by atoms with Crippen LogP contribution in [0.3, 0.4) is 0 Å². The highest BCUT2D eigenvalue weighted by atomic mass is 32.1. The number of hydrogen-bond donors (Lipinski definition) is 5. The summed E-state index contributed by atoms with van der Waals surface area (Å²) < 4.78 is 0. The molecular weight excluding hydrogens is 234 g/mol. The second-order valence-corrected chi connectivity index (χ2v) is 4.52. The maximum absolute atomic E-state index is 11.6. The molecule has 1 unspecified atom stereocenters. The molecule has 15 heavy (non-hydrogen) atoms. The second-order valence-electron chi connectivity index (χ2n) is 3.88. The molecule has 7 heteroatoms. The summed E-state index contributed by atoms with van der Waals surface area (Å²) in [5.74, 6) is -0.856. The van der Waals surface area contributed by atoms with Crippen molar-refractivity contribution in [2.75, 3.05) is 11.5 Å². The fourth-order valence-corrected chi connectivity index (χ4v) is 1.02. The fraction of sp³-hybridized carbons (Fsp3) is 0.750. The lowest BCUT2D eigenvalue weighted by molar-refractivity contribution is -0.132. The van der Waals surface area contributed by atoms with Crippen LogP contribution in [0.5, 0.6) is 0 Å². The summed E-state index contributed by atoms with van der Waals surface area (Å²) in [7, 11) is 0. The lowest BCUT2D eigenvalue weighted by Crippen LogP contribution is -2.64. The van der Waals surface area contributed by atoms with Gasteiger partial charge in [-0.1, -0.05) is 0 Å². The van der Waals surface area contributed by atoms with Crippen molar-refractivity contribution in [2.24, 2.45) is 11.5 Å². The van der Waals surface area contributed by atoms with Crippen LogP contribution in [0, 0.1) is 0 Å². The molecule has 5 nitrogen and oxygen atoms in total. The van der Waals surface area contributed by atoms with Gasteiger partial charge in [0, 0.05) is 11.5 Å². The normalized spacial score (nSPS) is 18.7. The van der Waals surface area contributed by atoms with Gasteiger partial charge in [-0.25, -0.2) is 0 Å². The third-order valence-corrected chi connectivity index (χ3v) is 3.39. The minimum absolute atomic E-state index is 0.108. The molecule has 0 saturated heterocycles. The monoisotopic (exact) mass is 251 g/mol. The zero-order valence-corrected chi connectivity index (χ0v) is 10.6. The summed E-state index contributed by atoms with van der Waals surface area (Å²) in [6.45, 7) is 3.02. The Kier molecular flexibility index (Phi) is 4.95. The molecule has 5 N–H and O–H groups in total. The lowest BCUT2D eigenvalue weighted by Gasteiger charge is -2.30. The van der Waals surface area contributed by atoms with Crippen molar-refractivity contribution < 1.29 is 9.59 Å². The van der Waals surface area contributed by atoms with Gasteiger partial charge in [0.1, 0.15) is 11.1 Å². The molecule has 0 aliphatic heterocycles. The van der Waals surface area contributed by atoms with Crippen LogP contribution in [-0.2, 0) is 9.59 Å². The highest BCUT2D eigenvalue weighted by Crippen LogP contribution is 2.09. The molecule has 0 heterocycles. The zero-order chi connectivity index (χ0) is 12.3. The first-order chi connectivity index (χ1) is 6.69. The first-order valence-electron chi connectivity index (χ1n) is 4.33. The van der Waals surface area contributed by atoms with Gasteiger partial charge in [0.15, 0.2) is 0 Å². The van der Waals surface area contributed by atoms with Crippen LogP contribution in [0.15, 0.2) is 0 Å². The van der Waals surface area contributed by atoms with Gasteiger partial charge in [-0.3, -0.25) is 9.59 Å². The average Bonchev–Trinajstić information content (AvgIpc) is 2.17. The smallest absolute Gasteiger partial charge is 0.243 e. The second kappa shape index (κ2) is 5.09. The van der Waals surface area contributed by atoms with Gasteiger partial charge >= 0.3 is 0 Å². The Morgan fingerprint density at radius 1 is 1.27 bits per heavy atom. The third-order valence-electron chi connectivity index (χ3n) is 2.10. The molecular formula is C8H17N3O2S2. The number of carbonyl (C=O) groups excluding carboxylic acids is 2. The molecule has 2 atom stereocenters. The molecule has 0 aromatic rings. The number of carbonyl (C=O) groups is 2. The highest BCUT2D eigenvalue weighted by molar-refractivity contribution is 7.80. The van der Waals surface area contributed by atoms with Crippen LogP contribution in [0.2, 0.25) is 0 Å². The van der Waals surface area contributed by atoms with Gasteiger partial charge in [0.25, 0.3) is 0 Å². The topological polar surface area (TPSA) is 98.2 Å². The maximum atomic E-state index is 11.6. The zero-order valence-electron chi connectivity index (χ0n) is 8.78. The van der Waals surface area contributed by atoms with E-state index in [0.29, 0.717) is 0 Å². The van der Waals surface area contributed by atoms with Crippen LogP contribution >= 0.6 is 25.3 Å². The van der Waals surface area contributed by atoms with E-state index in [1.54, 1.807) is 0 Å². The van der Waals surface area contributed by atoms with Gasteiger partial charge in [-0.2, -0.15) is 25.3 Å². The Balaban J connectivity index is 4.72. The predicted octanol–water partition coefficient (Wildman–Crippen LogP) is -1.08. The van der Waals surface area contributed by atoms with E-state index in [-0.39, 0.29) is 11.5 Å². The quantitative estimate of drug-likeness (QED) is 0.402. The van der Waals surface area contributed by atoms with Crippen molar-refractivity contribution in [3.05, 3.63) is 0 Å². The van der Waals surface area contributed by atoms with Gasteiger partial charge in [0.2, 0.25) is 11.8 Å². The van der Waals surface area contributed by atoms with E-state index >= 15 is 0 Å². The van der Waals surface area contributed by atoms with Crippen molar-refractivity contribution in [2.45, 2.75) is 24.9 Å². The number of thiol groups is 2. The van der Waals surface area contributed by atoms with Crippen molar-refractivity contribution >= 4 is 37.1 Å². The summed E-state index contributed by atoms with van der Waals surface area (Å²) in [4.78, 5) is 22.7. The summed E-state index contributed by atoms with van der Waals surface area (Å²) in [6, 6.07) is 0. The minimum Gasteiger partial charge on any atom is -0.368 e. The van der Waals surface area contributed by atoms with Crippen LogP contribution < -0.4 is 16.8 Å². The van der Waals surface area contributed by atoms with E-state index in [0.717, 1.165) is 0 Å². The SMILES string of the molecule is CC(N)(CS)C(=O)N[C@](C)(CS)C(N)=O. The highest BCUT2D eigenvalue weighted by Gasteiger charge is 2.36. The van der Waals surface area contributed by atoms with Crippen LogP contribution in [-0.4, -0.2) is 34.4 Å². The lowest BCUT2D eigenvalue weighted by atomic mass is 10.00. The summed E-state index contributed by atoms with van der Waals surface area (Å²) in [6.07, 6.45) is 0. The molecule has 0 saturated carbocycles. The molecule has 0 bridgehead atoms. The van der Waals surface area contributed by atoms with Crippen molar-refractivity contribution in [1.29, 1.82) is 0 Å². The van der Waals surface area contributed by atoms with E-state index in [1.165, 1.54) is 13.8 Å². The molecule has 0 aliphatic rings. The molecule has 0 spiro atoms. The van der Waals surface area contributed by atoms with Gasteiger partial charge < -0.3 is 16.8 Å². The van der Waals surface area contributed by atoms with Crippen LogP contribution in [0.4, 0.5) is 0 Å². The minimum atomic E-state index is -1.19. The summed E-state index contributed by atoms with van der Waals surface area (Å²) in [5.41, 5.74) is 8.48. The Morgan fingerprint density at radius 3 is 2.00 bits per heavy atom. The van der Waals surface area contributed by atoms with E-state index < -0.39 is 22.9 Å². The number of rotatable bonds is 5. The first kappa shape index (κ1) is 14.6. The number of hydrogen-bond acceptors (Lipinski definition) is 5. The van der Waals surface area contributed by atoms with Crippen molar-refractivity contribution in [3.8, 4) is 0 Å². The Bertz CT molecular complexity index is 271. The number of amides is 2. The molecule has 0 aliphatic carbocycles. The Labute approximate surface area is 100 Å². The predicted molar refractivity (Wildman–Crippen MR) is 66.0 cm³/mol. The van der Waals surface area contributed by atoms with Crippen molar-refractivity contribution in [1.82, 2.24) is 5.32 Å². The van der Waals surface area contributed by atoms with Gasteiger partial charge in [0.05, 0.1) is 0 Å². The summed E-state index contributed by atoms with van der Waals surface area (Å²) in [5, 5.41) is 2.47. The van der Waals surface area contributed by atoms with E-state index in [9.17, 15) is 9.59 Å². The van der Waals surface area contributed by atoms with E-state index in [1.807, 2.05) is 0 Å². The van der Waals surface area contributed by atoms with E-state index in [2.05, 4.69) is 30.6 Å². The molecule has 88 valence electrons. The van der Waals surface area contributed by atoms with E-state index in [4.69, 9.17) is 11.5 Å². The summed E-state index contributed by atoms with van der Waals surface area (Å²) >= 11 is 7.91. The van der Waals surface area contributed by atoms with Gasteiger partial charge in [-0.05, 0) is 13.8 Å². The standard InChI is InChI=1S/C8H17N3O2S2/c1-7(10,3-14)6(13)11-8(2,4-15)5(9)12/h14-15H,3-4,10H2,1-2H3,(H2,9,12)(H,11,13)/t7?,8-/m1/s1. The number of nitrogens with one attached hydrogen (secondary N) is 1. The largest absolute Gasteiger partial charge is 0.368 e. The molecule has 0 fully saturated rings. The average molecular weight is 251 g/mol. The van der Waals surface area contributed by atoms with Crippen LogP contribution in [0.25, 0.3) is 0 Å². The molecule has 0 radical (unpaired) electrons. The third kappa shape index (κ3) is 3.58. The number of primary amides is 1. The molecule has 0 rings (SSSR count). The van der Waals surface area contributed by atoms with Crippen LogP contribution in [0.1, 0.15) is 13.8 Å². The van der Waals surface area contributed by atoms with Crippen molar-refractivity contribution in [3.63, 3.8) is 0 Å². The maximum Gasteiger partial charge on any atom is 0.243 e. The molecule has 2 amide bonds. The molecule has 0 aromatic carbocycles. The number of nitrogens with two attached hydrogens (primary N) is 2. The van der Waals surface area contributed by atoms with Gasteiger partial charge in [-0.15, -0.1) is 0 Å². The Hall–Kier alpha value is -0.400. The molecule has 0 aromatic heterocycles. The fourth-order valence-electron chi connectivity index (χ4n) is 0.644. The first-order valence-corrected chi connectivity index (χ1v) is 5.59.